The Bertz CT molecular complexity index is 1540. The first kappa shape index (κ1) is 33.9. The molecule has 2 N–H and O–H groups in total. The Labute approximate surface area is 281 Å². The quantitative estimate of drug-likeness (QED) is 0.208. The summed E-state index contributed by atoms with van der Waals surface area (Å²) in [6, 6.07) is 11.4. The highest BCUT2D eigenvalue weighted by molar-refractivity contribution is 6.76. The van der Waals surface area contributed by atoms with E-state index >= 15 is 0 Å². The maximum absolute atomic E-state index is 12.0. The van der Waals surface area contributed by atoms with Gasteiger partial charge in [0.25, 0.3) is 0 Å². The van der Waals surface area contributed by atoms with Crippen LogP contribution in [0.1, 0.15) is 26.7 Å². The van der Waals surface area contributed by atoms with Gasteiger partial charge in [-0.3, -0.25) is 4.57 Å². The zero-order chi connectivity index (χ0) is 33.3. The molecule has 256 valence electrons. The number of anilines is 1. The Morgan fingerprint density at radius 1 is 1.11 bits per heavy atom. The largest absolute Gasteiger partial charge is 0.456 e. The van der Waals surface area contributed by atoms with E-state index in [2.05, 4.69) is 42.0 Å². The minimum Gasteiger partial charge on any atom is -0.456 e. The number of nitrogens with one attached hydrogen (secondary N) is 1. The molecule has 3 fully saturated rings. The molecule has 4 atom stereocenters. The third-order valence-electron chi connectivity index (χ3n) is 8.72. The molecule has 1 amide bonds. The highest BCUT2D eigenvalue weighted by atomic mass is 35.5. The van der Waals surface area contributed by atoms with E-state index in [1.165, 1.54) is 0 Å². The highest BCUT2D eigenvalue weighted by Gasteiger charge is 2.49. The average molecular weight is 688 g/mol. The topological polar surface area (TPSA) is 129 Å². The van der Waals surface area contributed by atoms with Gasteiger partial charge >= 0.3 is 12.1 Å². The molecular formula is C33H46ClN5O7Si. The molecule has 12 nitrogen and oxygen atoms in total. The number of benzene rings is 1. The number of carbonyl (C=O) groups excluding carboxylic acids is 1. The molecule has 6 rings (SSSR count). The standard InChI is InChI=1S/C33H46ClN5O7Si/c1-20(2)35-33(41)45-23-10-12-38(13-11-23)22-8-6-21(7-9-22)28-24(34)16-25-31(37-28)39(19-42-14-15-47(3,4)5)32(36-25)46-27-18-44-29-26(40)17-43-30(27)29/h6-9,16,20,23,26-27,29-30,40H,10-15,17-19H2,1-5H3,(H,35,41). The summed E-state index contributed by atoms with van der Waals surface area (Å²) in [4.78, 5) is 24.0. The minimum atomic E-state index is -1.29. The Morgan fingerprint density at radius 2 is 1.83 bits per heavy atom. The molecule has 4 unspecified atom stereocenters. The molecule has 14 heteroatoms. The lowest BCUT2D eigenvalue weighted by Crippen LogP contribution is -2.40. The van der Waals surface area contributed by atoms with Gasteiger partial charge in [0.2, 0.25) is 0 Å². The van der Waals surface area contributed by atoms with Crippen LogP contribution in [-0.2, 0) is 25.7 Å². The zero-order valence-electron chi connectivity index (χ0n) is 27.8. The molecule has 0 spiro atoms. The number of imidazole rings is 1. The van der Waals surface area contributed by atoms with Crippen LogP contribution in [0.15, 0.2) is 30.3 Å². The van der Waals surface area contributed by atoms with E-state index < -0.39 is 26.4 Å². The minimum absolute atomic E-state index is 0.0477. The SMILES string of the molecule is CC(C)NC(=O)OC1CCN(c2ccc(-c3nc4c(cc3Cl)nc(OC3COC5C(O)COC35)n4COCC[Si](C)(C)C)cc2)CC1. The lowest BCUT2D eigenvalue weighted by molar-refractivity contribution is 0.00336. The second kappa shape index (κ2) is 14.3. The van der Waals surface area contributed by atoms with Gasteiger partial charge in [0.15, 0.2) is 11.8 Å². The van der Waals surface area contributed by atoms with Crippen LogP contribution in [0.3, 0.4) is 0 Å². The van der Waals surface area contributed by atoms with E-state index in [0.29, 0.717) is 34.5 Å². The van der Waals surface area contributed by atoms with E-state index in [-0.39, 0.29) is 44.3 Å². The number of ether oxygens (including phenoxy) is 5. The van der Waals surface area contributed by atoms with Gasteiger partial charge in [-0.2, -0.15) is 4.98 Å². The van der Waals surface area contributed by atoms with Crippen LogP contribution in [0, 0.1) is 0 Å². The molecule has 3 saturated heterocycles. The Morgan fingerprint density at radius 3 is 2.53 bits per heavy atom. The highest BCUT2D eigenvalue weighted by Crippen LogP contribution is 2.35. The van der Waals surface area contributed by atoms with Crippen molar-refractivity contribution in [2.24, 2.45) is 0 Å². The molecule has 2 aromatic heterocycles. The maximum Gasteiger partial charge on any atom is 0.407 e. The number of hydrogen-bond donors (Lipinski definition) is 2. The van der Waals surface area contributed by atoms with Gasteiger partial charge in [0.05, 0.1) is 23.9 Å². The number of hydrogen-bond acceptors (Lipinski definition) is 10. The van der Waals surface area contributed by atoms with Gasteiger partial charge in [-0.25, -0.2) is 9.78 Å². The van der Waals surface area contributed by atoms with Gasteiger partial charge in [0.1, 0.15) is 36.7 Å². The van der Waals surface area contributed by atoms with Crippen molar-refractivity contribution in [3.05, 3.63) is 35.4 Å². The van der Waals surface area contributed by atoms with Crippen molar-refractivity contribution in [1.82, 2.24) is 19.9 Å². The van der Waals surface area contributed by atoms with Gasteiger partial charge in [0, 0.05) is 57.9 Å². The fourth-order valence-electron chi connectivity index (χ4n) is 6.11. The third kappa shape index (κ3) is 8.03. The van der Waals surface area contributed by atoms with E-state index in [1.807, 2.05) is 36.6 Å². The summed E-state index contributed by atoms with van der Waals surface area (Å²) in [5.74, 6) is 0. The number of halogens is 1. The third-order valence-corrected chi connectivity index (χ3v) is 10.7. The molecule has 5 heterocycles. The molecule has 47 heavy (non-hydrogen) atoms. The van der Waals surface area contributed by atoms with Crippen molar-refractivity contribution in [1.29, 1.82) is 0 Å². The summed E-state index contributed by atoms with van der Waals surface area (Å²) in [7, 11) is -1.29. The number of amides is 1. The summed E-state index contributed by atoms with van der Waals surface area (Å²) in [6.45, 7) is 13.7. The summed E-state index contributed by atoms with van der Waals surface area (Å²) >= 11 is 6.81. The first-order valence-corrected chi connectivity index (χ1v) is 20.6. The number of aliphatic hydroxyl groups is 1. The number of pyridine rings is 1. The molecule has 3 aliphatic rings. The van der Waals surface area contributed by atoms with E-state index in [4.69, 9.17) is 45.3 Å². The lowest BCUT2D eigenvalue weighted by atomic mass is 10.1. The number of aromatic nitrogens is 3. The molecule has 0 aliphatic carbocycles. The fourth-order valence-corrected chi connectivity index (χ4v) is 7.12. The number of alkyl carbamates (subject to hydrolysis) is 1. The van der Waals surface area contributed by atoms with Crippen molar-refractivity contribution in [2.45, 2.75) is 95.7 Å². The van der Waals surface area contributed by atoms with Crippen LogP contribution in [0.2, 0.25) is 30.7 Å². The number of carbonyl (C=O) groups is 1. The van der Waals surface area contributed by atoms with Crippen LogP contribution in [0.4, 0.5) is 10.5 Å². The molecular weight excluding hydrogens is 642 g/mol. The maximum atomic E-state index is 12.0. The van der Waals surface area contributed by atoms with Crippen LogP contribution >= 0.6 is 11.6 Å². The number of nitrogens with zero attached hydrogens (tertiary/aromatic N) is 4. The predicted molar refractivity (Wildman–Crippen MR) is 182 cm³/mol. The Kier molecular flexibility index (Phi) is 10.3. The van der Waals surface area contributed by atoms with Crippen molar-refractivity contribution >= 4 is 42.6 Å². The number of piperidine rings is 1. The number of fused-ring (bicyclic) bond motifs is 2. The van der Waals surface area contributed by atoms with Crippen molar-refractivity contribution in [3.8, 4) is 17.3 Å². The first-order chi connectivity index (χ1) is 22.4. The molecule has 0 radical (unpaired) electrons. The van der Waals surface area contributed by atoms with Crippen LogP contribution < -0.4 is 15.0 Å². The number of aliphatic hydroxyl groups excluding tert-OH is 1. The average Bonchev–Trinajstić information content (AvgIpc) is 3.69. The first-order valence-electron chi connectivity index (χ1n) is 16.5. The van der Waals surface area contributed by atoms with Crippen molar-refractivity contribution in [2.75, 3.05) is 37.8 Å². The zero-order valence-corrected chi connectivity index (χ0v) is 29.5. The van der Waals surface area contributed by atoms with Crippen LogP contribution in [-0.4, -0.2) is 103 Å². The normalized spacial score (nSPS) is 23.4. The van der Waals surface area contributed by atoms with Crippen LogP contribution in [0.25, 0.3) is 22.4 Å². The van der Waals surface area contributed by atoms with Gasteiger partial charge in [-0.1, -0.05) is 43.4 Å². The summed E-state index contributed by atoms with van der Waals surface area (Å²) in [5, 5.41) is 13.5. The van der Waals surface area contributed by atoms with E-state index in [0.717, 1.165) is 43.2 Å². The molecule has 3 aliphatic heterocycles. The summed E-state index contributed by atoms with van der Waals surface area (Å²) < 4.78 is 31.5. The second-order valence-corrected chi connectivity index (χ2v) is 20.1. The fraction of sp³-hybridized carbons (Fsp3) is 0.606. The smallest absolute Gasteiger partial charge is 0.407 e. The Hall–Kier alpha value is -2.94. The van der Waals surface area contributed by atoms with Crippen LogP contribution in [0.5, 0.6) is 6.01 Å². The lowest BCUT2D eigenvalue weighted by Gasteiger charge is -2.33. The molecule has 1 aromatic carbocycles. The van der Waals surface area contributed by atoms with Crippen molar-refractivity contribution < 1.29 is 33.6 Å². The Balaban J connectivity index is 1.19. The van der Waals surface area contributed by atoms with E-state index in [1.54, 1.807) is 0 Å². The summed E-state index contributed by atoms with van der Waals surface area (Å²) in [6.07, 6.45) is -0.785. The second-order valence-electron chi connectivity index (χ2n) is 14.1. The molecule has 0 bridgehead atoms. The van der Waals surface area contributed by atoms with Gasteiger partial charge < -0.3 is 39.0 Å². The predicted octanol–water partition coefficient (Wildman–Crippen LogP) is 5.07. The molecule has 0 saturated carbocycles. The monoisotopic (exact) mass is 687 g/mol. The number of rotatable bonds is 11. The van der Waals surface area contributed by atoms with E-state index in [9.17, 15) is 9.90 Å². The van der Waals surface area contributed by atoms with Gasteiger partial charge in [-0.15, -0.1) is 0 Å². The van der Waals surface area contributed by atoms with Gasteiger partial charge in [-0.05, 0) is 38.1 Å². The van der Waals surface area contributed by atoms with Crippen molar-refractivity contribution in [3.63, 3.8) is 0 Å². The summed E-state index contributed by atoms with van der Waals surface area (Å²) in [5.41, 5.74) is 3.79. The molecule has 3 aromatic rings.